The number of nitrogens with one attached hydrogen (secondary N) is 1. The third-order valence-corrected chi connectivity index (χ3v) is 9.15. The predicted molar refractivity (Wildman–Crippen MR) is 173 cm³/mol. The first-order valence-electron chi connectivity index (χ1n) is 14.4. The summed E-state index contributed by atoms with van der Waals surface area (Å²) in [5, 5.41) is 8.50. The van der Waals surface area contributed by atoms with E-state index in [9.17, 15) is 0 Å². The summed E-state index contributed by atoms with van der Waals surface area (Å²) in [6.45, 7) is 0. The summed E-state index contributed by atoms with van der Waals surface area (Å²) in [4.78, 5) is 5.07. The van der Waals surface area contributed by atoms with Gasteiger partial charge in [-0.2, -0.15) is 0 Å². The van der Waals surface area contributed by atoms with Crippen molar-refractivity contribution in [3.63, 3.8) is 0 Å². The van der Waals surface area contributed by atoms with E-state index in [0.29, 0.717) is 0 Å². The van der Waals surface area contributed by atoms with Gasteiger partial charge in [-0.25, -0.2) is 0 Å². The Balaban J connectivity index is 1.21. The Morgan fingerprint density at radius 1 is 0.643 bits per heavy atom. The van der Waals surface area contributed by atoms with E-state index < -0.39 is 0 Å². The largest absolute Gasteiger partial charge is 0.381 e. The number of allylic oxidation sites excluding steroid dienone is 4. The van der Waals surface area contributed by atoms with Crippen LogP contribution in [-0.4, -0.2) is 20.2 Å². The van der Waals surface area contributed by atoms with Gasteiger partial charge < -0.3 is 14.5 Å². The van der Waals surface area contributed by atoms with Gasteiger partial charge >= 0.3 is 0 Å². The van der Waals surface area contributed by atoms with Crippen molar-refractivity contribution >= 4 is 54.8 Å². The lowest BCUT2D eigenvalue weighted by atomic mass is 9.91. The summed E-state index contributed by atoms with van der Waals surface area (Å²) < 4.78 is 4.76. The predicted octanol–water partition coefficient (Wildman–Crippen LogP) is 8.48. The van der Waals surface area contributed by atoms with Crippen LogP contribution in [0.4, 0.5) is 0 Å². The van der Waals surface area contributed by atoms with Crippen LogP contribution in [0.1, 0.15) is 11.3 Å². The van der Waals surface area contributed by atoms with Gasteiger partial charge in [0.05, 0.1) is 45.7 Å². The highest BCUT2D eigenvalue weighted by atomic mass is 15.0. The van der Waals surface area contributed by atoms with Crippen LogP contribution in [0.2, 0.25) is 0 Å². The number of pyridine rings is 1. The fraction of sp³-hybridized carbons (Fsp3) is 0.0263. The zero-order valence-corrected chi connectivity index (χ0v) is 22.6. The Hall–Kier alpha value is -5.61. The Kier molecular flexibility index (Phi) is 4.21. The fourth-order valence-electron chi connectivity index (χ4n) is 7.41. The lowest BCUT2D eigenvalue weighted by Gasteiger charge is -2.23. The van der Waals surface area contributed by atoms with Crippen molar-refractivity contribution in [2.75, 3.05) is 0 Å². The molecule has 10 rings (SSSR count). The molecule has 1 N–H and O–H groups in total. The van der Waals surface area contributed by atoms with Gasteiger partial charge in [0, 0.05) is 38.4 Å². The van der Waals surface area contributed by atoms with Crippen LogP contribution in [-0.2, 0) is 0 Å². The number of fused-ring (bicyclic) bond motifs is 9. The molecule has 4 aromatic carbocycles. The van der Waals surface area contributed by atoms with Gasteiger partial charge in [0.25, 0.3) is 0 Å². The minimum Gasteiger partial charge on any atom is -0.381 e. The molecule has 196 valence electrons. The Bertz CT molecular complexity index is 2390. The molecule has 1 unspecified atom stereocenters. The zero-order valence-electron chi connectivity index (χ0n) is 22.6. The maximum atomic E-state index is 5.07. The number of aromatic nitrogens is 3. The molecule has 0 bridgehead atoms. The van der Waals surface area contributed by atoms with Gasteiger partial charge in [0.2, 0.25) is 0 Å². The van der Waals surface area contributed by atoms with E-state index in [1.807, 2.05) is 12.4 Å². The Labute approximate surface area is 241 Å². The number of para-hydroxylation sites is 3. The summed E-state index contributed by atoms with van der Waals surface area (Å²) >= 11 is 0. The van der Waals surface area contributed by atoms with E-state index in [-0.39, 0.29) is 6.04 Å². The molecular weight excluding hydrogens is 512 g/mol. The normalized spacial score (nSPS) is 16.9. The molecule has 0 amide bonds. The van der Waals surface area contributed by atoms with Crippen LogP contribution in [0, 0.1) is 0 Å². The molecule has 4 heteroatoms. The van der Waals surface area contributed by atoms with Crippen LogP contribution >= 0.6 is 0 Å². The van der Waals surface area contributed by atoms with Crippen LogP contribution < -0.4 is 5.32 Å². The molecule has 2 aliphatic carbocycles. The fourth-order valence-corrected chi connectivity index (χ4v) is 7.41. The van der Waals surface area contributed by atoms with Gasteiger partial charge in [-0.05, 0) is 65.9 Å². The highest BCUT2D eigenvalue weighted by Crippen LogP contribution is 2.46. The standard InChI is InChI=1S/C38H24N4/c1-4-13-33-25(8-1)26-9-2-5-14-34(26)41(33)23-16-17-36-30(20-23)27-10-3-6-15-35(27)42(36)24-21-31-28-11-7-12-32-37(28)29(18-19-39-32)38(31)40-22-24/h1-22,32,39H. The van der Waals surface area contributed by atoms with E-state index in [0.717, 1.165) is 17.1 Å². The maximum absolute atomic E-state index is 5.07. The lowest BCUT2D eigenvalue weighted by Crippen LogP contribution is -2.27. The SMILES string of the molecule is C1=CC2NC=CC3=C2C(=C1)c1cc(-n2c4ccccc4c4cc(-n5c6ccccc6c6ccccc65)ccc42)cnc13. The van der Waals surface area contributed by atoms with Crippen LogP contribution in [0.5, 0.6) is 0 Å². The molecule has 0 spiro atoms. The number of hydrogen-bond donors (Lipinski definition) is 1. The van der Waals surface area contributed by atoms with Gasteiger partial charge in [-0.1, -0.05) is 72.8 Å². The van der Waals surface area contributed by atoms with Crippen molar-refractivity contribution in [1.82, 2.24) is 19.4 Å². The van der Waals surface area contributed by atoms with E-state index >= 15 is 0 Å². The number of hydrogen-bond acceptors (Lipinski definition) is 2. The Morgan fingerprint density at radius 3 is 2.02 bits per heavy atom. The molecule has 1 aliphatic heterocycles. The average Bonchev–Trinajstić information content (AvgIpc) is 3.68. The van der Waals surface area contributed by atoms with Gasteiger partial charge in [0.1, 0.15) is 0 Å². The number of dihydropyridines is 1. The van der Waals surface area contributed by atoms with Crippen LogP contribution in [0.25, 0.3) is 66.1 Å². The second-order valence-electron chi connectivity index (χ2n) is 11.3. The highest BCUT2D eigenvalue weighted by molar-refractivity contribution is 6.12. The molecule has 7 aromatic rings. The smallest absolute Gasteiger partial charge is 0.0786 e. The zero-order chi connectivity index (χ0) is 27.4. The van der Waals surface area contributed by atoms with Crippen molar-refractivity contribution in [3.8, 4) is 11.4 Å². The second kappa shape index (κ2) is 7.99. The molecule has 0 fully saturated rings. The van der Waals surface area contributed by atoms with Crippen molar-refractivity contribution in [2.24, 2.45) is 0 Å². The lowest BCUT2D eigenvalue weighted by molar-refractivity contribution is 0.806. The van der Waals surface area contributed by atoms with Gasteiger partial charge in [-0.15, -0.1) is 0 Å². The minimum atomic E-state index is 0.204. The quantitative estimate of drug-likeness (QED) is 0.240. The first-order valence-corrected chi connectivity index (χ1v) is 14.4. The van der Waals surface area contributed by atoms with Gasteiger partial charge in [0.15, 0.2) is 0 Å². The minimum absolute atomic E-state index is 0.204. The highest BCUT2D eigenvalue weighted by Gasteiger charge is 2.33. The summed E-state index contributed by atoms with van der Waals surface area (Å²) in [6, 6.07) is 35.5. The number of nitrogens with zero attached hydrogens (tertiary/aromatic N) is 3. The first-order chi connectivity index (χ1) is 20.8. The molecule has 4 heterocycles. The first kappa shape index (κ1) is 22.1. The molecule has 1 atom stereocenters. The molecular formula is C38H24N4. The number of benzene rings is 4. The molecule has 3 aromatic heterocycles. The van der Waals surface area contributed by atoms with E-state index in [1.54, 1.807) is 0 Å². The van der Waals surface area contributed by atoms with E-state index in [4.69, 9.17) is 4.98 Å². The van der Waals surface area contributed by atoms with Crippen molar-refractivity contribution < 1.29 is 0 Å². The maximum Gasteiger partial charge on any atom is 0.0786 e. The van der Waals surface area contributed by atoms with E-state index in [1.165, 1.54) is 65.9 Å². The summed E-state index contributed by atoms with van der Waals surface area (Å²) in [7, 11) is 0. The topological polar surface area (TPSA) is 34.8 Å². The summed E-state index contributed by atoms with van der Waals surface area (Å²) in [5.41, 5.74) is 13.1. The van der Waals surface area contributed by atoms with Crippen molar-refractivity contribution in [2.45, 2.75) is 6.04 Å². The third kappa shape index (κ3) is 2.78. The Morgan fingerprint density at radius 2 is 1.29 bits per heavy atom. The summed E-state index contributed by atoms with van der Waals surface area (Å²) in [5.74, 6) is 0. The summed E-state index contributed by atoms with van der Waals surface area (Å²) in [6.07, 6.45) is 12.9. The van der Waals surface area contributed by atoms with Crippen LogP contribution in [0.3, 0.4) is 0 Å². The van der Waals surface area contributed by atoms with Crippen molar-refractivity contribution in [1.29, 1.82) is 0 Å². The van der Waals surface area contributed by atoms with Crippen LogP contribution in [0.15, 0.2) is 139 Å². The molecule has 42 heavy (non-hydrogen) atoms. The van der Waals surface area contributed by atoms with E-state index in [2.05, 4.69) is 136 Å². The second-order valence-corrected chi connectivity index (χ2v) is 11.3. The molecule has 0 saturated carbocycles. The van der Waals surface area contributed by atoms with Gasteiger partial charge in [-0.3, -0.25) is 4.98 Å². The third-order valence-electron chi connectivity index (χ3n) is 9.15. The average molecular weight is 537 g/mol. The number of rotatable bonds is 2. The molecule has 3 aliphatic rings. The molecule has 4 nitrogen and oxygen atoms in total. The van der Waals surface area contributed by atoms with Crippen molar-refractivity contribution in [3.05, 3.63) is 151 Å². The molecule has 0 saturated heterocycles. The monoisotopic (exact) mass is 536 g/mol. The molecule has 0 radical (unpaired) electrons.